The molecule has 1 aromatic carbocycles. The van der Waals surface area contributed by atoms with Crippen LogP contribution in [-0.2, 0) is 11.3 Å². The van der Waals surface area contributed by atoms with Crippen LogP contribution in [0.25, 0.3) is 0 Å². The molecule has 0 amide bonds. The van der Waals surface area contributed by atoms with Gasteiger partial charge < -0.3 is 15.4 Å². The monoisotopic (exact) mass is 256 g/mol. The second-order valence-electron chi connectivity index (χ2n) is 4.29. The van der Waals surface area contributed by atoms with E-state index < -0.39 is 0 Å². The number of para-hydroxylation sites is 1. The lowest BCUT2D eigenvalue weighted by atomic mass is 10.1. The molecule has 0 unspecified atom stereocenters. The van der Waals surface area contributed by atoms with E-state index in [1.165, 1.54) is 0 Å². The number of hydrogen-bond donors (Lipinski definition) is 1. The number of nitrogens with two attached hydrogens (primary N) is 1. The lowest BCUT2D eigenvalue weighted by molar-refractivity contribution is 0.0846. The van der Waals surface area contributed by atoms with Crippen molar-refractivity contribution in [2.45, 2.75) is 26.5 Å². The highest BCUT2D eigenvalue weighted by atomic mass is 35.5. The second kappa shape index (κ2) is 6.84. The molecule has 96 valence electrons. The van der Waals surface area contributed by atoms with Crippen LogP contribution in [0.1, 0.15) is 19.4 Å². The van der Waals surface area contributed by atoms with Gasteiger partial charge in [-0.3, -0.25) is 0 Å². The molecule has 1 rings (SSSR count). The fraction of sp³-hybridized carbons (Fsp3) is 0.538. The first-order valence-corrected chi connectivity index (χ1v) is 6.24. The fourth-order valence-corrected chi connectivity index (χ4v) is 2.03. The predicted octanol–water partition coefficient (Wildman–Crippen LogP) is 2.66. The van der Waals surface area contributed by atoms with Gasteiger partial charge >= 0.3 is 0 Å². The van der Waals surface area contributed by atoms with Crippen molar-refractivity contribution in [1.29, 1.82) is 0 Å². The fourth-order valence-electron chi connectivity index (χ4n) is 1.69. The van der Waals surface area contributed by atoms with Crippen LogP contribution in [-0.4, -0.2) is 26.3 Å². The highest BCUT2D eigenvalue weighted by Crippen LogP contribution is 2.28. The number of nitrogens with zero attached hydrogens (tertiary/aromatic N) is 1. The van der Waals surface area contributed by atoms with Crippen molar-refractivity contribution in [3.8, 4) is 0 Å². The molecule has 0 saturated heterocycles. The van der Waals surface area contributed by atoms with Crippen molar-refractivity contribution >= 4 is 17.3 Å². The smallest absolute Gasteiger partial charge is 0.0644 e. The average molecular weight is 257 g/mol. The van der Waals surface area contributed by atoms with Crippen LogP contribution >= 0.6 is 11.6 Å². The van der Waals surface area contributed by atoms with Crippen LogP contribution < -0.4 is 10.6 Å². The number of ether oxygens (including phenoxy) is 1. The van der Waals surface area contributed by atoms with Gasteiger partial charge in [0.15, 0.2) is 0 Å². The van der Waals surface area contributed by atoms with Crippen molar-refractivity contribution in [2.24, 2.45) is 5.73 Å². The van der Waals surface area contributed by atoms with E-state index in [2.05, 4.69) is 4.90 Å². The number of likely N-dealkylation sites (N-methyl/N-ethyl adjacent to an activating group) is 1. The third-order valence-corrected chi connectivity index (χ3v) is 2.85. The summed E-state index contributed by atoms with van der Waals surface area (Å²) in [6.07, 6.45) is 0.253. The van der Waals surface area contributed by atoms with E-state index in [9.17, 15) is 0 Å². The number of hydrogen-bond acceptors (Lipinski definition) is 3. The number of anilines is 1. The predicted molar refractivity (Wildman–Crippen MR) is 73.7 cm³/mol. The van der Waals surface area contributed by atoms with Gasteiger partial charge in [0.2, 0.25) is 0 Å². The quantitative estimate of drug-likeness (QED) is 0.851. The summed E-state index contributed by atoms with van der Waals surface area (Å²) in [5, 5.41) is 0.736. The van der Waals surface area contributed by atoms with Crippen LogP contribution in [0.15, 0.2) is 18.2 Å². The Labute approximate surface area is 109 Å². The van der Waals surface area contributed by atoms with Gasteiger partial charge in [-0.15, -0.1) is 0 Å². The van der Waals surface area contributed by atoms with E-state index in [4.69, 9.17) is 22.1 Å². The number of halogens is 1. The Bertz CT molecular complexity index is 355. The molecular weight excluding hydrogens is 236 g/mol. The highest BCUT2D eigenvalue weighted by Gasteiger charge is 2.10. The summed E-state index contributed by atoms with van der Waals surface area (Å²) in [5.41, 5.74) is 7.78. The Morgan fingerprint density at radius 2 is 2.12 bits per heavy atom. The summed E-state index contributed by atoms with van der Waals surface area (Å²) < 4.78 is 5.53. The van der Waals surface area contributed by atoms with E-state index in [1.54, 1.807) is 0 Å². The summed E-state index contributed by atoms with van der Waals surface area (Å²) >= 11 is 6.21. The molecule has 1 aromatic rings. The molecule has 17 heavy (non-hydrogen) atoms. The first-order chi connectivity index (χ1) is 8.06. The zero-order chi connectivity index (χ0) is 12.8. The summed E-state index contributed by atoms with van der Waals surface area (Å²) in [7, 11) is 2.00. The lowest BCUT2D eigenvalue weighted by Gasteiger charge is -2.23. The average Bonchev–Trinajstić information content (AvgIpc) is 2.27. The lowest BCUT2D eigenvalue weighted by Crippen LogP contribution is -2.25. The molecular formula is C13H21ClN2O. The SMILES string of the molecule is CC(C)OCCN(C)c1c(Cl)cccc1CN. The van der Waals surface area contributed by atoms with Crippen LogP contribution in [0.4, 0.5) is 5.69 Å². The third-order valence-electron chi connectivity index (χ3n) is 2.55. The normalized spacial score (nSPS) is 10.9. The first kappa shape index (κ1) is 14.3. The summed E-state index contributed by atoms with van der Waals surface area (Å²) in [4.78, 5) is 2.09. The van der Waals surface area contributed by atoms with E-state index in [1.807, 2.05) is 39.1 Å². The maximum atomic E-state index is 6.21. The van der Waals surface area contributed by atoms with Gasteiger partial charge in [-0.25, -0.2) is 0 Å². The zero-order valence-corrected chi connectivity index (χ0v) is 11.5. The van der Waals surface area contributed by atoms with Crippen molar-refractivity contribution in [1.82, 2.24) is 0 Å². The minimum absolute atomic E-state index is 0.253. The molecule has 0 spiro atoms. The minimum Gasteiger partial charge on any atom is -0.377 e. The number of benzene rings is 1. The Balaban J connectivity index is 2.70. The summed E-state index contributed by atoms with van der Waals surface area (Å²) in [5.74, 6) is 0. The molecule has 0 aromatic heterocycles. The van der Waals surface area contributed by atoms with Gasteiger partial charge in [-0.2, -0.15) is 0 Å². The molecule has 0 bridgehead atoms. The summed E-state index contributed by atoms with van der Waals surface area (Å²) in [6.45, 7) is 6.03. The molecule has 0 atom stereocenters. The summed E-state index contributed by atoms with van der Waals surface area (Å²) in [6, 6.07) is 5.81. The van der Waals surface area contributed by atoms with Crippen molar-refractivity contribution in [2.75, 3.05) is 25.1 Å². The molecule has 0 fully saturated rings. The third kappa shape index (κ3) is 4.19. The van der Waals surface area contributed by atoms with Gasteiger partial charge in [0.1, 0.15) is 0 Å². The van der Waals surface area contributed by atoms with Crippen LogP contribution in [0.3, 0.4) is 0 Å². The highest BCUT2D eigenvalue weighted by molar-refractivity contribution is 6.33. The first-order valence-electron chi connectivity index (χ1n) is 5.86. The Morgan fingerprint density at radius 1 is 1.41 bits per heavy atom. The van der Waals surface area contributed by atoms with Crippen molar-refractivity contribution in [3.63, 3.8) is 0 Å². The Morgan fingerprint density at radius 3 is 2.71 bits per heavy atom. The maximum absolute atomic E-state index is 6.21. The van der Waals surface area contributed by atoms with Gasteiger partial charge in [0.05, 0.1) is 23.4 Å². The van der Waals surface area contributed by atoms with Crippen molar-refractivity contribution in [3.05, 3.63) is 28.8 Å². The Kier molecular flexibility index (Phi) is 5.75. The number of rotatable bonds is 6. The van der Waals surface area contributed by atoms with Gasteiger partial charge in [0.25, 0.3) is 0 Å². The molecule has 0 heterocycles. The van der Waals surface area contributed by atoms with Gasteiger partial charge in [-0.1, -0.05) is 23.7 Å². The standard InChI is InChI=1S/C13H21ClN2O/c1-10(2)17-8-7-16(3)13-11(9-15)5-4-6-12(13)14/h4-6,10H,7-9,15H2,1-3H3. The van der Waals surface area contributed by atoms with Gasteiger partial charge in [0, 0.05) is 20.1 Å². The van der Waals surface area contributed by atoms with E-state index >= 15 is 0 Å². The largest absolute Gasteiger partial charge is 0.377 e. The second-order valence-corrected chi connectivity index (χ2v) is 4.70. The molecule has 0 aliphatic rings. The molecule has 3 nitrogen and oxygen atoms in total. The maximum Gasteiger partial charge on any atom is 0.0644 e. The molecule has 0 aliphatic carbocycles. The molecule has 0 aliphatic heterocycles. The van der Waals surface area contributed by atoms with Crippen molar-refractivity contribution < 1.29 is 4.74 Å². The van der Waals surface area contributed by atoms with Crippen LogP contribution in [0.5, 0.6) is 0 Å². The topological polar surface area (TPSA) is 38.5 Å². The van der Waals surface area contributed by atoms with Crippen LogP contribution in [0.2, 0.25) is 5.02 Å². The Hall–Kier alpha value is -0.770. The minimum atomic E-state index is 0.253. The molecule has 0 saturated carbocycles. The molecule has 4 heteroatoms. The van der Waals surface area contributed by atoms with E-state index in [0.29, 0.717) is 13.2 Å². The van der Waals surface area contributed by atoms with Gasteiger partial charge in [-0.05, 0) is 25.5 Å². The molecule has 0 radical (unpaired) electrons. The van der Waals surface area contributed by atoms with Crippen LogP contribution in [0, 0.1) is 0 Å². The van der Waals surface area contributed by atoms with E-state index in [-0.39, 0.29) is 6.10 Å². The zero-order valence-electron chi connectivity index (χ0n) is 10.7. The van der Waals surface area contributed by atoms with E-state index in [0.717, 1.165) is 22.8 Å². The molecule has 2 N–H and O–H groups in total.